The molecule has 0 saturated carbocycles. The predicted octanol–water partition coefficient (Wildman–Crippen LogP) is 3.09. The summed E-state index contributed by atoms with van der Waals surface area (Å²) in [5, 5.41) is 9.06. The van der Waals surface area contributed by atoms with Gasteiger partial charge in [-0.05, 0) is 32.0 Å². The monoisotopic (exact) mass is 335 g/mol. The number of rotatable bonds is 5. The molecule has 0 unspecified atom stereocenters. The molecule has 1 aromatic heterocycles. The highest BCUT2D eigenvalue weighted by Crippen LogP contribution is 2.20. The van der Waals surface area contributed by atoms with E-state index in [0.717, 1.165) is 5.82 Å². The van der Waals surface area contributed by atoms with Crippen LogP contribution in [0.2, 0.25) is 5.02 Å². The molecule has 1 N–H and O–H groups in total. The van der Waals surface area contributed by atoms with Gasteiger partial charge in [0.05, 0.1) is 22.7 Å². The molecule has 0 fully saturated rings. The van der Waals surface area contributed by atoms with Crippen LogP contribution in [-0.2, 0) is 6.54 Å². The molecule has 0 aliphatic rings. The first-order chi connectivity index (χ1) is 10.8. The molecule has 0 aliphatic heterocycles. The van der Waals surface area contributed by atoms with Gasteiger partial charge in [-0.2, -0.15) is 0 Å². The zero-order valence-corrected chi connectivity index (χ0v) is 13.9. The summed E-state index contributed by atoms with van der Waals surface area (Å²) in [6, 6.07) is 4.32. The third-order valence-corrected chi connectivity index (χ3v) is 3.79. The van der Waals surface area contributed by atoms with E-state index < -0.39 is 5.97 Å². The Labute approximate surface area is 139 Å². The van der Waals surface area contributed by atoms with Crippen LogP contribution in [0.3, 0.4) is 0 Å². The lowest BCUT2D eigenvalue weighted by molar-refractivity contribution is 0.0695. The fraction of sp³-hybridized carbons (Fsp3) is 0.312. The van der Waals surface area contributed by atoms with Gasteiger partial charge in [0.15, 0.2) is 0 Å². The van der Waals surface area contributed by atoms with Crippen molar-refractivity contribution in [3.63, 3.8) is 0 Å². The van der Waals surface area contributed by atoms with Crippen LogP contribution in [0.15, 0.2) is 30.6 Å². The van der Waals surface area contributed by atoms with E-state index >= 15 is 0 Å². The van der Waals surface area contributed by atoms with Crippen LogP contribution in [0.25, 0.3) is 0 Å². The second-order valence-corrected chi connectivity index (χ2v) is 5.91. The highest BCUT2D eigenvalue weighted by molar-refractivity contribution is 6.34. The molecule has 0 atom stereocenters. The molecule has 0 bridgehead atoms. The number of nitrogens with zero attached hydrogens (tertiary/aromatic N) is 3. The van der Waals surface area contributed by atoms with E-state index in [1.54, 1.807) is 13.2 Å². The third kappa shape index (κ3) is 3.71. The Morgan fingerprint density at radius 2 is 2.09 bits per heavy atom. The number of halogens is 1. The number of carbonyl (C=O) groups is 2. The third-order valence-electron chi connectivity index (χ3n) is 3.48. The molecule has 2 rings (SSSR count). The summed E-state index contributed by atoms with van der Waals surface area (Å²) >= 11 is 6.04. The van der Waals surface area contributed by atoms with E-state index in [1.807, 2.05) is 24.6 Å². The Hall–Kier alpha value is -2.34. The van der Waals surface area contributed by atoms with Crippen molar-refractivity contribution in [2.75, 3.05) is 7.05 Å². The topological polar surface area (TPSA) is 75.4 Å². The number of carboxylic acid groups (broad SMARTS) is 1. The van der Waals surface area contributed by atoms with Gasteiger partial charge in [0, 0.05) is 25.5 Å². The number of hydrogen-bond donors (Lipinski definition) is 1. The number of amides is 1. The van der Waals surface area contributed by atoms with Crippen molar-refractivity contribution < 1.29 is 14.7 Å². The molecule has 6 nitrogen and oxygen atoms in total. The quantitative estimate of drug-likeness (QED) is 0.911. The summed E-state index contributed by atoms with van der Waals surface area (Å²) in [6.45, 7) is 4.41. The largest absolute Gasteiger partial charge is 0.478 e. The van der Waals surface area contributed by atoms with Crippen molar-refractivity contribution in [3.05, 3.63) is 52.6 Å². The fourth-order valence-corrected chi connectivity index (χ4v) is 2.51. The smallest absolute Gasteiger partial charge is 0.335 e. The van der Waals surface area contributed by atoms with Gasteiger partial charge in [-0.25, -0.2) is 9.78 Å². The van der Waals surface area contributed by atoms with E-state index in [0.29, 0.717) is 6.54 Å². The van der Waals surface area contributed by atoms with Gasteiger partial charge in [0.1, 0.15) is 5.82 Å². The molecular weight excluding hydrogens is 318 g/mol. The number of carboxylic acids is 1. The number of benzene rings is 1. The van der Waals surface area contributed by atoms with Gasteiger partial charge in [-0.15, -0.1) is 0 Å². The number of aromatic carboxylic acids is 1. The van der Waals surface area contributed by atoms with Crippen LogP contribution in [-0.4, -0.2) is 38.5 Å². The van der Waals surface area contributed by atoms with Crippen molar-refractivity contribution in [2.24, 2.45) is 0 Å². The Bertz CT molecular complexity index is 740. The van der Waals surface area contributed by atoms with E-state index in [1.165, 1.54) is 23.1 Å². The van der Waals surface area contributed by atoms with Crippen LogP contribution in [0.1, 0.15) is 46.4 Å². The summed E-state index contributed by atoms with van der Waals surface area (Å²) in [6.07, 6.45) is 3.56. The second-order valence-electron chi connectivity index (χ2n) is 5.51. The summed E-state index contributed by atoms with van der Waals surface area (Å²) in [5.41, 5.74) is 0.311. The van der Waals surface area contributed by atoms with Crippen LogP contribution in [0.5, 0.6) is 0 Å². The summed E-state index contributed by atoms with van der Waals surface area (Å²) < 4.78 is 1.99. The first kappa shape index (κ1) is 17.0. The highest BCUT2D eigenvalue weighted by Gasteiger charge is 2.19. The minimum absolute atomic E-state index is 0.0459. The second kappa shape index (κ2) is 6.83. The highest BCUT2D eigenvalue weighted by atomic mass is 35.5. The van der Waals surface area contributed by atoms with Crippen molar-refractivity contribution in [3.8, 4) is 0 Å². The number of aromatic nitrogens is 2. The molecule has 0 saturated heterocycles. The molecule has 1 amide bonds. The van der Waals surface area contributed by atoms with E-state index in [4.69, 9.17) is 16.7 Å². The Morgan fingerprint density at radius 1 is 1.39 bits per heavy atom. The molecule has 2 aromatic rings. The first-order valence-corrected chi connectivity index (χ1v) is 7.49. The first-order valence-electron chi connectivity index (χ1n) is 7.11. The average Bonchev–Trinajstić information content (AvgIpc) is 2.94. The molecule has 7 heteroatoms. The van der Waals surface area contributed by atoms with Crippen LogP contribution < -0.4 is 0 Å². The lowest BCUT2D eigenvalue weighted by atomic mass is 10.1. The lowest BCUT2D eigenvalue weighted by Gasteiger charge is -2.19. The van der Waals surface area contributed by atoms with Gasteiger partial charge < -0.3 is 14.6 Å². The van der Waals surface area contributed by atoms with Gasteiger partial charge in [-0.3, -0.25) is 4.79 Å². The van der Waals surface area contributed by atoms with Crippen LogP contribution >= 0.6 is 11.6 Å². The SMILES string of the molecule is CC(C)n1ccnc1CN(C)C(=O)c1ccc(C(=O)O)cc1Cl. The fourth-order valence-electron chi connectivity index (χ4n) is 2.25. The van der Waals surface area contributed by atoms with Crippen molar-refractivity contribution in [1.29, 1.82) is 0 Å². The Morgan fingerprint density at radius 3 is 2.65 bits per heavy atom. The zero-order valence-electron chi connectivity index (χ0n) is 13.2. The maximum Gasteiger partial charge on any atom is 0.335 e. The molecule has 0 radical (unpaired) electrons. The van der Waals surface area contributed by atoms with E-state index in [9.17, 15) is 9.59 Å². The van der Waals surface area contributed by atoms with Crippen molar-refractivity contribution >= 4 is 23.5 Å². The Kier molecular flexibility index (Phi) is 5.05. The van der Waals surface area contributed by atoms with Crippen molar-refractivity contribution in [1.82, 2.24) is 14.5 Å². The standard InChI is InChI=1S/C16H18ClN3O3/c1-10(2)20-7-6-18-14(20)9-19(3)15(21)12-5-4-11(16(22)23)8-13(12)17/h4-8,10H,9H2,1-3H3,(H,22,23). The molecule has 0 spiro atoms. The molecule has 23 heavy (non-hydrogen) atoms. The molecule has 0 aliphatic carbocycles. The van der Waals surface area contributed by atoms with Crippen LogP contribution in [0, 0.1) is 0 Å². The zero-order chi connectivity index (χ0) is 17.1. The summed E-state index contributed by atoms with van der Waals surface area (Å²) in [5.74, 6) is -0.599. The van der Waals surface area contributed by atoms with Gasteiger partial charge in [-0.1, -0.05) is 11.6 Å². The minimum Gasteiger partial charge on any atom is -0.478 e. The number of hydrogen-bond acceptors (Lipinski definition) is 3. The average molecular weight is 336 g/mol. The van der Waals surface area contributed by atoms with Gasteiger partial charge in [0.25, 0.3) is 5.91 Å². The molecular formula is C16H18ClN3O3. The lowest BCUT2D eigenvalue weighted by Crippen LogP contribution is -2.28. The van der Waals surface area contributed by atoms with Crippen molar-refractivity contribution in [2.45, 2.75) is 26.4 Å². The van der Waals surface area contributed by atoms with E-state index in [-0.39, 0.29) is 28.1 Å². The van der Waals surface area contributed by atoms with E-state index in [2.05, 4.69) is 4.98 Å². The summed E-state index contributed by atoms with van der Waals surface area (Å²) in [4.78, 5) is 29.2. The Balaban J connectivity index is 2.20. The van der Waals surface area contributed by atoms with Gasteiger partial charge in [0.2, 0.25) is 0 Å². The number of carbonyl (C=O) groups excluding carboxylic acids is 1. The summed E-state index contributed by atoms with van der Waals surface area (Å²) in [7, 11) is 1.66. The maximum atomic E-state index is 12.5. The molecule has 122 valence electrons. The van der Waals surface area contributed by atoms with Crippen LogP contribution in [0.4, 0.5) is 0 Å². The van der Waals surface area contributed by atoms with Gasteiger partial charge >= 0.3 is 5.97 Å². The molecule has 1 heterocycles. The maximum absolute atomic E-state index is 12.5. The minimum atomic E-state index is -1.08. The molecule has 1 aromatic carbocycles. The number of imidazole rings is 1. The predicted molar refractivity (Wildman–Crippen MR) is 86.8 cm³/mol. The normalized spacial score (nSPS) is 10.8.